The first-order valence-corrected chi connectivity index (χ1v) is 11.2. The number of hydrogen-bond acceptors (Lipinski definition) is 6. The van der Waals surface area contributed by atoms with Gasteiger partial charge in [0.05, 0.1) is 16.5 Å². The molecule has 0 aliphatic carbocycles. The fraction of sp³-hybridized carbons (Fsp3) is 0.333. The zero-order valence-corrected chi connectivity index (χ0v) is 18.1. The van der Waals surface area contributed by atoms with Gasteiger partial charge in [-0.25, -0.2) is 0 Å². The molecule has 154 valence electrons. The summed E-state index contributed by atoms with van der Waals surface area (Å²) in [4.78, 5) is 18.1. The van der Waals surface area contributed by atoms with Crippen molar-refractivity contribution in [1.82, 2.24) is 19.7 Å². The predicted molar refractivity (Wildman–Crippen MR) is 120 cm³/mol. The molecule has 1 N–H and O–H groups in total. The summed E-state index contributed by atoms with van der Waals surface area (Å²) in [6, 6.07) is 13.7. The summed E-state index contributed by atoms with van der Waals surface area (Å²) < 4.78 is 2.44. The maximum atomic E-state index is 12.9. The second kappa shape index (κ2) is 9.24. The predicted octanol–water partition coefficient (Wildman–Crippen LogP) is 3.67. The summed E-state index contributed by atoms with van der Waals surface area (Å²) in [7, 11) is 0. The lowest BCUT2D eigenvalue weighted by atomic mass is 10.2. The molecule has 30 heavy (non-hydrogen) atoms. The second-order valence-corrected chi connectivity index (χ2v) is 8.45. The van der Waals surface area contributed by atoms with Gasteiger partial charge in [-0.3, -0.25) is 14.5 Å². The summed E-state index contributed by atoms with van der Waals surface area (Å²) in [5.74, 6) is 0.919. The Labute approximate surface area is 184 Å². The van der Waals surface area contributed by atoms with Crippen LogP contribution in [0.15, 0.2) is 41.8 Å². The summed E-state index contributed by atoms with van der Waals surface area (Å²) in [6.07, 6.45) is 1.31. The van der Waals surface area contributed by atoms with Crippen LogP contribution in [-0.2, 0) is 11.3 Å². The molecule has 4 rings (SSSR count). The molecule has 0 spiro atoms. The van der Waals surface area contributed by atoms with Crippen LogP contribution in [0.1, 0.15) is 18.4 Å². The van der Waals surface area contributed by atoms with E-state index in [1.54, 1.807) is 11.3 Å². The quantitative estimate of drug-likeness (QED) is 0.615. The molecule has 7 nitrogen and oxygen atoms in total. The molecular weight excluding hydrogens is 416 g/mol. The van der Waals surface area contributed by atoms with Gasteiger partial charge < -0.3 is 9.80 Å². The third kappa shape index (κ3) is 4.45. The first-order chi connectivity index (χ1) is 14.7. The number of nitrogens with zero attached hydrogens (tertiary/aromatic N) is 5. The van der Waals surface area contributed by atoms with Gasteiger partial charge in [0.2, 0.25) is 5.91 Å². The lowest BCUT2D eigenvalue weighted by Crippen LogP contribution is -2.35. The Morgan fingerprint density at radius 1 is 1.20 bits per heavy atom. The fourth-order valence-electron chi connectivity index (χ4n) is 3.66. The first kappa shape index (κ1) is 20.3. The van der Waals surface area contributed by atoms with Crippen LogP contribution >= 0.6 is 23.6 Å². The summed E-state index contributed by atoms with van der Waals surface area (Å²) in [5, 5.41) is 18.1. The average molecular weight is 439 g/mol. The minimum absolute atomic E-state index is 0.136. The molecule has 1 aliphatic rings. The van der Waals surface area contributed by atoms with Gasteiger partial charge in [-0.15, -0.1) is 11.3 Å². The number of benzene rings is 1. The van der Waals surface area contributed by atoms with Crippen molar-refractivity contribution in [2.75, 3.05) is 31.1 Å². The van der Waals surface area contributed by atoms with E-state index < -0.39 is 0 Å². The molecular formula is C21H22N6OS2. The molecule has 1 amide bonds. The fourth-order valence-corrected chi connectivity index (χ4v) is 4.60. The molecule has 0 atom stereocenters. The van der Waals surface area contributed by atoms with E-state index in [1.807, 2.05) is 51.2 Å². The van der Waals surface area contributed by atoms with Crippen LogP contribution in [0.5, 0.6) is 0 Å². The van der Waals surface area contributed by atoms with Gasteiger partial charge in [0.15, 0.2) is 10.6 Å². The van der Waals surface area contributed by atoms with E-state index in [0.29, 0.717) is 29.8 Å². The van der Waals surface area contributed by atoms with Crippen molar-refractivity contribution in [1.29, 1.82) is 5.26 Å². The van der Waals surface area contributed by atoms with E-state index in [2.05, 4.69) is 21.2 Å². The van der Waals surface area contributed by atoms with Crippen molar-refractivity contribution in [3.05, 3.63) is 52.1 Å². The third-order valence-electron chi connectivity index (χ3n) is 5.26. The van der Waals surface area contributed by atoms with Crippen LogP contribution in [-0.4, -0.2) is 51.8 Å². The number of nitrogens with one attached hydrogen (secondary N) is 1. The zero-order chi connectivity index (χ0) is 20.9. The number of rotatable bonds is 5. The highest BCUT2D eigenvalue weighted by Gasteiger charge is 2.20. The number of amides is 1. The van der Waals surface area contributed by atoms with Crippen LogP contribution in [0.4, 0.5) is 5.69 Å². The maximum absolute atomic E-state index is 12.9. The van der Waals surface area contributed by atoms with E-state index >= 15 is 0 Å². The number of anilines is 1. The Balaban J connectivity index is 1.36. The van der Waals surface area contributed by atoms with Crippen LogP contribution in [0.25, 0.3) is 10.7 Å². The maximum Gasteiger partial charge on any atom is 0.224 e. The largest absolute Gasteiger partial charge is 0.370 e. The smallest absolute Gasteiger partial charge is 0.224 e. The lowest BCUT2D eigenvalue weighted by Gasteiger charge is -2.24. The average Bonchev–Trinajstić information content (AvgIpc) is 3.35. The Morgan fingerprint density at radius 2 is 2.03 bits per heavy atom. The van der Waals surface area contributed by atoms with E-state index in [9.17, 15) is 4.79 Å². The standard InChI is InChI=1S/C21H22N6OS2/c22-15-16-4-6-17(7-5-16)25-9-2-10-26(13-12-25)19(28)8-11-27-20(23-24-21(27)29)18-3-1-14-30-18/h1,3-7,14H,2,8-13H2,(H,24,29). The molecule has 1 saturated heterocycles. The molecule has 0 saturated carbocycles. The van der Waals surface area contributed by atoms with Gasteiger partial charge in [-0.05, 0) is 54.4 Å². The highest BCUT2D eigenvalue weighted by atomic mass is 32.1. The molecule has 0 unspecified atom stereocenters. The Morgan fingerprint density at radius 3 is 2.77 bits per heavy atom. The van der Waals surface area contributed by atoms with Crippen LogP contribution < -0.4 is 4.90 Å². The Bertz CT molecular complexity index is 1090. The number of carbonyl (C=O) groups is 1. The lowest BCUT2D eigenvalue weighted by molar-refractivity contribution is -0.131. The van der Waals surface area contributed by atoms with Crippen molar-refractivity contribution < 1.29 is 4.79 Å². The van der Waals surface area contributed by atoms with Gasteiger partial charge in [0.25, 0.3) is 0 Å². The van der Waals surface area contributed by atoms with E-state index in [1.165, 1.54) is 0 Å². The number of aromatic amines is 1. The Kier molecular flexibility index (Phi) is 6.26. The summed E-state index contributed by atoms with van der Waals surface area (Å²) >= 11 is 6.96. The van der Waals surface area contributed by atoms with Crippen molar-refractivity contribution in [3.8, 4) is 16.8 Å². The summed E-state index contributed by atoms with van der Waals surface area (Å²) in [5.41, 5.74) is 1.75. The number of H-pyrrole nitrogens is 1. The Hall–Kier alpha value is -2.96. The molecule has 1 fully saturated rings. The van der Waals surface area contributed by atoms with Gasteiger partial charge >= 0.3 is 0 Å². The minimum atomic E-state index is 0.136. The highest BCUT2D eigenvalue weighted by molar-refractivity contribution is 7.71. The van der Waals surface area contributed by atoms with Crippen molar-refractivity contribution in [3.63, 3.8) is 0 Å². The molecule has 1 aromatic carbocycles. The SMILES string of the molecule is N#Cc1ccc(N2CCCN(C(=O)CCn3c(-c4cccs4)n[nH]c3=S)CC2)cc1. The number of nitriles is 1. The molecule has 9 heteroatoms. The van der Waals surface area contributed by atoms with E-state index in [-0.39, 0.29) is 5.91 Å². The molecule has 0 radical (unpaired) electrons. The summed E-state index contributed by atoms with van der Waals surface area (Å²) in [6.45, 7) is 3.62. The third-order valence-corrected chi connectivity index (χ3v) is 6.44. The van der Waals surface area contributed by atoms with E-state index in [0.717, 1.165) is 42.4 Å². The minimum Gasteiger partial charge on any atom is -0.370 e. The van der Waals surface area contributed by atoms with Crippen molar-refractivity contribution >= 4 is 35.1 Å². The second-order valence-electron chi connectivity index (χ2n) is 7.11. The number of thiophene rings is 1. The molecule has 0 bridgehead atoms. The first-order valence-electron chi connectivity index (χ1n) is 9.87. The van der Waals surface area contributed by atoms with Gasteiger partial charge in [0.1, 0.15) is 0 Å². The van der Waals surface area contributed by atoms with Crippen molar-refractivity contribution in [2.24, 2.45) is 0 Å². The monoisotopic (exact) mass is 438 g/mol. The molecule has 3 heterocycles. The van der Waals surface area contributed by atoms with E-state index in [4.69, 9.17) is 17.5 Å². The van der Waals surface area contributed by atoms with Crippen LogP contribution in [0.3, 0.4) is 0 Å². The van der Waals surface area contributed by atoms with Gasteiger partial charge in [-0.1, -0.05) is 6.07 Å². The molecule has 2 aromatic heterocycles. The van der Waals surface area contributed by atoms with Crippen LogP contribution in [0, 0.1) is 16.1 Å². The molecule has 1 aliphatic heterocycles. The van der Waals surface area contributed by atoms with Gasteiger partial charge in [0, 0.05) is 44.8 Å². The van der Waals surface area contributed by atoms with Crippen LogP contribution in [0.2, 0.25) is 0 Å². The zero-order valence-electron chi connectivity index (χ0n) is 16.5. The number of hydrogen-bond donors (Lipinski definition) is 1. The number of carbonyl (C=O) groups excluding carboxylic acids is 1. The normalized spacial score (nSPS) is 14.4. The highest BCUT2D eigenvalue weighted by Crippen LogP contribution is 2.23. The number of aromatic nitrogens is 3. The molecule has 3 aromatic rings. The van der Waals surface area contributed by atoms with Gasteiger partial charge in [-0.2, -0.15) is 10.4 Å². The van der Waals surface area contributed by atoms with Crippen molar-refractivity contribution in [2.45, 2.75) is 19.4 Å². The topological polar surface area (TPSA) is 80.9 Å².